The summed E-state index contributed by atoms with van der Waals surface area (Å²) >= 11 is 2.74. The second-order valence-corrected chi connectivity index (χ2v) is 12.4. The molecule has 240 valence electrons. The number of hydrazone groups is 1. The van der Waals surface area contributed by atoms with Crippen LogP contribution in [0.3, 0.4) is 0 Å². The molecule has 2 aromatic heterocycles. The van der Waals surface area contributed by atoms with Gasteiger partial charge in [-0.2, -0.15) is 5.10 Å². The van der Waals surface area contributed by atoms with Crippen LogP contribution in [-0.2, 0) is 22.6 Å². The van der Waals surface area contributed by atoms with Crippen molar-refractivity contribution in [2.24, 2.45) is 5.10 Å². The summed E-state index contributed by atoms with van der Waals surface area (Å²) in [6, 6.07) is 24.4. The lowest BCUT2D eigenvalue weighted by Gasteiger charge is -2.24. The number of thioether (sulfide) groups is 1. The van der Waals surface area contributed by atoms with Gasteiger partial charge in [-0.15, -0.1) is 21.5 Å². The van der Waals surface area contributed by atoms with Gasteiger partial charge in [0.1, 0.15) is 5.82 Å². The van der Waals surface area contributed by atoms with Crippen LogP contribution in [0, 0.1) is 5.82 Å². The van der Waals surface area contributed by atoms with Gasteiger partial charge in [0.2, 0.25) is 5.91 Å². The lowest BCUT2D eigenvalue weighted by molar-refractivity contribution is -0.130. The van der Waals surface area contributed by atoms with E-state index in [1.165, 1.54) is 28.9 Å². The van der Waals surface area contributed by atoms with Crippen LogP contribution < -0.4 is 14.8 Å². The number of nitrogens with zero attached hydrogens (tertiary/aromatic N) is 5. The number of ether oxygens (including phenoxy) is 2. The van der Waals surface area contributed by atoms with Crippen molar-refractivity contribution in [3.8, 4) is 17.2 Å². The fraction of sp³-hybridized carbons (Fsp3) is 0.206. The van der Waals surface area contributed by atoms with E-state index in [1.807, 2.05) is 66.0 Å². The number of carbonyl (C=O) groups excluding carboxylic acids is 2. The van der Waals surface area contributed by atoms with Crippen LogP contribution in [0.1, 0.15) is 34.3 Å². The van der Waals surface area contributed by atoms with Gasteiger partial charge in [-0.1, -0.05) is 60.3 Å². The van der Waals surface area contributed by atoms with E-state index in [9.17, 15) is 14.0 Å². The Morgan fingerprint density at radius 2 is 1.79 bits per heavy atom. The first-order chi connectivity index (χ1) is 22.9. The van der Waals surface area contributed by atoms with Gasteiger partial charge in [0.15, 0.2) is 22.5 Å². The molecule has 3 heterocycles. The number of benzene rings is 3. The van der Waals surface area contributed by atoms with Gasteiger partial charge in [0, 0.05) is 17.7 Å². The van der Waals surface area contributed by atoms with E-state index in [2.05, 4.69) is 15.5 Å². The van der Waals surface area contributed by atoms with Crippen molar-refractivity contribution in [1.29, 1.82) is 0 Å². The minimum Gasteiger partial charge on any atom is -0.493 e. The monoisotopic (exact) mass is 670 g/mol. The predicted molar refractivity (Wildman–Crippen MR) is 179 cm³/mol. The lowest BCUT2D eigenvalue weighted by atomic mass is 9.99. The Hall–Kier alpha value is -5.01. The van der Waals surface area contributed by atoms with E-state index < -0.39 is 11.9 Å². The average Bonchev–Trinajstić information content (AvgIpc) is 3.87. The maximum Gasteiger partial charge on any atom is 0.253 e. The highest BCUT2D eigenvalue weighted by Gasteiger charge is 2.36. The summed E-state index contributed by atoms with van der Waals surface area (Å²) in [5.41, 5.74) is 3.06. The summed E-state index contributed by atoms with van der Waals surface area (Å²) in [5, 5.41) is 20.2. The van der Waals surface area contributed by atoms with Crippen LogP contribution in [0.15, 0.2) is 101 Å². The number of amides is 2. The molecule has 1 aliphatic heterocycles. The van der Waals surface area contributed by atoms with Gasteiger partial charge in [0.25, 0.3) is 5.91 Å². The number of nitrogens with one attached hydrogen (secondary N) is 1. The van der Waals surface area contributed by atoms with Crippen molar-refractivity contribution in [3.63, 3.8) is 0 Å². The molecule has 1 atom stereocenters. The zero-order chi connectivity index (χ0) is 32.8. The third kappa shape index (κ3) is 7.21. The Kier molecular flexibility index (Phi) is 9.93. The number of carbonyl (C=O) groups is 2. The average molecular weight is 671 g/mol. The molecule has 0 radical (unpaired) electrons. The fourth-order valence-corrected chi connectivity index (χ4v) is 6.86. The summed E-state index contributed by atoms with van der Waals surface area (Å²) in [6.45, 7) is 0.0862. The van der Waals surface area contributed by atoms with Gasteiger partial charge in [-0.25, -0.2) is 9.40 Å². The highest BCUT2D eigenvalue weighted by atomic mass is 32.2. The van der Waals surface area contributed by atoms with E-state index in [1.54, 1.807) is 42.3 Å². The van der Waals surface area contributed by atoms with Crippen LogP contribution in [0.25, 0.3) is 5.69 Å². The Morgan fingerprint density at radius 3 is 2.51 bits per heavy atom. The Morgan fingerprint density at radius 1 is 0.979 bits per heavy atom. The number of halogens is 1. The van der Waals surface area contributed by atoms with Crippen LogP contribution in [0.4, 0.5) is 4.39 Å². The lowest BCUT2D eigenvalue weighted by Crippen LogP contribution is -2.29. The minimum atomic E-state index is -0.421. The molecular formula is C34H31FN6O4S2. The molecule has 10 nitrogen and oxygen atoms in total. The third-order valence-corrected chi connectivity index (χ3v) is 9.36. The smallest absolute Gasteiger partial charge is 0.253 e. The molecule has 0 saturated heterocycles. The number of hydrogen-bond donors (Lipinski definition) is 1. The molecule has 1 N–H and O–H groups in total. The minimum absolute atomic E-state index is 0.0102. The predicted octanol–water partition coefficient (Wildman–Crippen LogP) is 5.81. The first kappa shape index (κ1) is 32.0. The van der Waals surface area contributed by atoms with Gasteiger partial charge in [0.05, 0.1) is 49.6 Å². The summed E-state index contributed by atoms with van der Waals surface area (Å²) in [7, 11) is 3.15. The van der Waals surface area contributed by atoms with Crippen molar-refractivity contribution >= 4 is 40.6 Å². The van der Waals surface area contributed by atoms with E-state index >= 15 is 0 Å². The zero-order valence-corrected chi connectivity index (χ0v) is 27.3. The molecule has 1 aliphatic rings. The molecule has 0 spiro atoms. The zero-order valence-electron chi connectivity index (χ0n) is 25.6. The standard InChI is InChI=1S/C34H31FN6O4S2/c1-44-28-11-6-10-25(33(28)45-2)27-19-26(29-12-7-17-46-29)39-41(27)32(43)21-47-34-38-37-30(40(34)24-15-13-23(35)14-16-24)20-36-31(42)18-22-8-4-3-5-9-22/h3-17,27H,18-21H2,1-2H3,(H,36,42)/t27-/m1/s1. The molecule has 2 amide bonds. The Labute approximate surface area is 279 Å². The second kappa shape index (κ2) is 14.6. The van der Waals surface area contributed by atoms with E-state index in [0.29, 0.717) is 34.6 Å². The molecule has 5 aromatic rings. The number of methoxy groups -OCH3 is 2. The maximum absolute atomic E-state index is 13.9. The number of rotatable bonds is 12. The first-order valence-corrected chi connectivity index (χ1v) is 16.6. The quantitative estimate of drug-likeness (QED) is 0.167. The summed E-state index contributed by atoms with van der Waals surface area (Å²) in [5.74, 6) is 0.714. The molecular weight excluding hydrogens is 640 g/mol. The summed E-state index contributed by atoms with van der Waals surface area (Å²) in [6.07, 6.45) is 0.712. The molecule has 0 fully saturated rings. The first-order valence-electron chi connectivity index (χ1n) is 14.7. The van der Waals surface area contributed by atoms with Crippen LogP contribution in [-0.4, -0.2) is 57.3 Å². The SMILES string of the molecule is COc1cccc([C@H]2CC(c3cccs3)=NN2C(=O)CSc2nnc(CNC(=O)Cc3ccccc3)n2-c2ccc(F)cc2)c1OC. The topological polar surface area (TPSA) is 111 Å². The van der Waals surface area contributed by atoms with Crippen molar-refractivity contribution in [2.45, 2.75) is 30.6 Å². The maximum atomic E-state index is 13.9. The molecule has 6 rings (SSSR count). The van der Waals surface area contributed by atoms with Gasteiger partial charge in [-0.05, 0) is 47.3 Å². The fourth-order valence-electron chi connectivity index (χ4n) is 5.32. The van der Waals surface area contributed by atoms with Crippen LogP contribution >= 0.6 is 23.1 Å². The van der Waals surface area contributed by atoms with E-state index in [-0.39, 0.29) is 30.5 Å². The van der Waals surface area contributed by atoms with E-state index in [0.717, 1.165) is 21.7 Å². The van der Waals surface area contributed by atoms with E-state index in [4.69, 9.17) is 14.6 Å². The van der Waals surface area contributed by atoms with Crippen molar-refractivity contribution in [1.82, 2.24) is 25.1 Å². The molecule has 0 unspecified atom stereocenters. The molecule has 0 aliphatic carbocycles. The molecule has 3 aromatic carbocycles. The largest absolute Gasteiger partial charge is 0.493 e. The highest BCUT2D eigenvalue weighted by Crippen LogP contribution is 2.42. The number of para-hydroxylation sites is 1. The van der Waals surface area contributed by atoms with Gasteiger partial charge < -0.3 is 14.8 Å². The molecule has 0 saturated carbocycles. The molecule has 47 heavy (non-hydrogen) atoms. The number of hydrogen-bond acceptors (Lipinski definition) is 9. The Bertz CT molecular complexity index is 1880. The van der Waals surface area contributed by atoms with Gasteiger partial charge in [-0.3, -0.25) is 14.2 Å². The van der Waals surface area contributed by atoms with Gasteiger partial charge >= 0.3 is 0 Å². The van der Waals surface area contributed by atoms with Crippen molar-refractivity contribution in [3.05, 3.63) is 118 Å². The molecule has 13 heteroatoms. The van der Waals surface area contributed by atoms with Crippen molar-refractivity contribution in [2.75, 3.05) is 20.0 Å². The summed E-state index contributed by atoms with van der Waals surface area (Å²) < 4.78 is 26.8. The number of aromatic nitrogens is 3. The Balaban J connectivity index is 1.24. The highest BCUT2D eigenvalue weighted by molar-refractivity contribution is 7.99. The van der Waals surface area contributed by atoms with Crippen LogP contribution in [0.5, 0.6) is 11.5 Å². The summed E-state index contributed by atoms with van der Waals surface area (Å²) in [4.78, 5) is 27.6. The van der Waals surface area contributed by atoms with Crippen molar-refractivity contribution < 1.29 is 23.5 Å². The third-order valence-electron chi connectivity index (χ3n) is 7.53. The number of thiophene rings is 1. The second-order valence-electron chi connectivity index (χ2n) is 10.5. The normalized spacial score (nSPS) is 14.1. The molecule has 0 bridgehead atoms. The van der Waals surface area contributed by atoms with Crippen LogP contribution in [0.2, 0.25) is 0 Å².